The SMILES string of the molecule is O=[n+]1o[nH]c2cc(Br)c(F)cc21. The molecule has 1 aromatic carbocycles. The summed E-state index contributed by atoms with van der Waals surface area (Å²) >= 11 is 2.98. The molecule has 0 atom stereocenters. The highest BCUT2D eigenvalue weighted by Gasteiger charge is 2.13. The van der Waals surface area contributed by atoms with Crippen LogP contribution in [0.5, 0.6) is 0 Å². The highest BCUT2D eigenvalue weighted by molar-refractivity contribution is 9.10. The van der Waals surface area contributed by atoms with Crippen molar-refractivity contribution in [3.05, 3.63) is 27.3 Å². The molecular weight excluding hydrogens is 231 g/mol. The molecular formula is C6H3BrFN2O2+. The summed E-state index contributed by atoms with van der Waals surface area (Å²) in [4.78, 5) is 10.8. The Bertz CT molecular complexity index is 490. The summed E-state index contributed by atoms with van der Waals surface area (Å²) in [6, 6.07) is 2.52. The van der Waals surface area contributed by atoms with Crippen molar-refractivity contribution in [2.45, 2.75) is 0 Å². The minimum absolute atomic E-state index is 0.135. The molecule has 0 radical (unpaired) electrons. The van der Waals surface area contributed by atoms with Gasteiger partial charge in [-0.1, -0.05) is 9.79 Å². The Morgan fingerprint density at radius 3 is 3.08 bits per heavy atom. The molecule has 0 saturated heterocycles. The van der Waals surface area contributed by atoms with E-state index in [1.54, 1.807) is 0 Å². The quantitative estimate of drug-likeness (QED) is 0.752. The number of halogens is 2. The van der Waals surface area contributed by atoms with Gasteiger partial charge >= 0.3 is 0 Å². The van der Waals surface area contributed by atoms with Gasteiger partial charge in [0.2, 0.25) is 5.52 Å². The van der Waals surface area contributed by atoms with Gasteiger partial charge in [0.1, 0.15) is 5.82 Å². The molecule has 1 aromatic heterocycles. The second-order valence-corrected chi connectivity index (χ2v) is 3.09. The van der Waals surface area contributed by atoms with E-state index in [1.165, 1.54) is 6.07 Å². The average Bonchev–Trinajstić information content (AvgIpc) is 2.35. The van der Waals surface area contributed by atoms with Crippen LogP contribution in [0.4, 0.5) is 4.39 Å². The number of H-pyrrole nitrogens is 1. The van der Waals surface area contributed by atoms with E-state index < -0.39 is 5.82 Å². The number of nitrogens with one attached hydrogen (secondary N) is 1. The smallest absolute Gasteiger partial charge is 0.206 e. The van der Waals surface area contributed by atoms with Crippen molar-refractivity contribution in [3.63, 3.8) is 0 Å². The summed E-state index contributed by atoms with van der Waals surface area (Å²) in [6.45, 7) is 0. The van der Waals surface area contributed by atoms with Crippen LogP contribution in [0.25, 0.3) is 11.0 Å². The van der Waals surface area contributed by atoms with Crippen LogP contribution in [0.3, 0.4) is 0 Å². The first-order chi connectivity index (χ1) is 5.68. The number of fused-ring (bicyclic) bond motifs is 1. The van der Waals surface area contributed by atoms with Gasteiger partial charge in [0.15, 0.2) is 4.60 Å². The molecule has 0 aliphatic carbocycles. The third-order valence-corrected chi connectivity index (χ3v) is 2.08. The number of benzene rings is 1. The molecule has 0 spiro atoms. The standard InChI is InChI=1S/C6H3BrFN2O2/c7-3-1-5-6(2-4(3)8)10(11)12-9-5/h1-2,9H/q+1. The van der Waals surface area contributed by atoms with Gasteiger partial charge in [-0.2, -0.15) is 0 Å². The molecule has 2 aromatic rings. The van der Waals surface area contributed by atoms with Gasteiger partial charge < -0.3 is 0 Å². The summed E-state index contributed by atoms with van der Waals surface area (Å²) in [5.74, 6) is -0.498. The molecule has 62 valence electrons. The third kappa shape index (κ3) is 0.953. The molecule has 0 aliphatic rings. The van der Waals surface area contributed by atoms with Crippen molar-refractivity contribution in [1.29, 1.82) is 0 Å². The van der Waals surface area contributed by atoms with E-state index in [2.05, 4.69) is 25.7 Å². The van der Waals surface area contributed by atoms with Crippen LogP contribution in [0.15, 0.2) is 21.2 Å². The minimum Gasteiger partial charge on any atom is -0.206 e. The summed E-state index contributed by atoms with van der Waals surface area (Å²) in [5, 5.41) is 2.33. The topological polar surface area (TPSA) is 51.9 Å². The van der Waals surface area contributed by atoms with Crippen LogP contribution in [-0.4, -0.2) is 5.16 Å². The molecule has 0 aliphatic heterocycles. The molecule has 4 nitrogen and oxygen atoms in total. The number of aromatic nitrogens is 2. The van der Waals surface area contributed by atoms with E-state index in [9.17, 15) is 9.30 Å². The maximum Gasteiger partial charge on any atom is 0.275 e. The molecule has 12 heavy (non-hydrogen) atoms. The molecule has 6 heteroatoms. The van der Waals surface area contributed by atoms with E-state index >= 15 is 0 Å². The number of rotatable bonds is 0. The first kappa shape index (κ1) is 7.48. The molecule has 1 N–H and O–H groups in total. The Labute approximate surface area is 73.6 Å². The Morgan fingerprint density at radius 1 is 1.58 bits per heavy atom. The van der Waals surface area contributed by atoms with E-state index in [-0.39, 0.29) is 14.6 Å². The molecule has 0 bridgehead atoms. The summed E-state index contributed by atoms with van der Waals surface area (Å²) in [5.41, 5.74) is 0.578. The van der Waals surface area contributed by atoms with E-state index in [0.717, 1.165) is 6.07 Å². The Hall–Kier alpha value is -1.17. The maximum atomic E-state index is 12.9. The van der Waals surface area contributed by atoms with Crippen molar-refractivity contribution in [3.8, 4) is 0 Å². The second kappa shape index (κ2) is 2.41. The fraction of sp³-hybridized carbons (Fsp3) is 0. The fourth-order valence-electron chi connectivity index (χ4n) is 0.909. The molecule has 0 fully saturated rings. The number of hydrogen-bond acceptors (Lipinski definition) is 2. The fourth-order valence-corrected chi connectivity index (χ4v) is 1.25. The Balaban J connectivity index is 2.97. The van der Waals surface area contributed by atoms with Crippen LogP contribution in [0.2, 0.25) is 0 Å². The van der Waals surface area contributed by atoms with Crippen molar-refractivity contribution in [2.75, 3.05) is 0 Å². The number of hydrogen-bond donors (Lipinski definition) is 1. The molecule has 0 amide bonds. The molecule has 1 heterocycles. The zero-order chi connectivity index (χ0) is 8.72. The van der Waals surface area contributed by atoms with E-state index in [0.29, 0.717) is 5.52 Å². The number of aromatic amines is 1. The van der Waals surface area contributed by atoms with Gasteiger partial charge in [0, 0.05) is 12.1 Å². The van der Waals surface area contributed by atoms with Crippen molar-refractivity contribution >= 4 is 27.0 Å². The zero-order valence-electron chi connectivity index (χ0n) is 5.67. The molecule has 2 rings (SSSR count). The largest absolute Gasteiger partial charge is 0.275 e. The summed E-state index contributed by atoms with van der Waals surface area (Å²) in [6.07, 6.45) is 0. The first-order valence-electron chi connectivity index (χ1n) is 3.08. The van der Waals surface area contributed by atoms with Crippen LogP contribution in [0, 0.1) is 10.7 Å². The summed E-state index contributed by atoms with van der Waals surface area (Å²) in [7, 11) is 0. The van der Waals surface area contributed by atoms with Crippen molar-refractivity contribution < 1.29 is 13.6 Å². The van der Waals surface area contributed by atoms with Crippen LogP contribution >= 0.6 is 15.9 Å². The van der Waals surface area contributed by atoms with Crippen LogP contribution < -0.4 is 4.60 Å². The predicted octanol–water partition coefficient (Wildman–Crippen LogP) is 1.58. The predicted molar refractivity (Wildman–Crippen MR) is 41.6 cm³/mol. The number of nitrogens with zero attached hydrogens (tertiary/aromatic N) is 1. The van der Waals surface area contributed by atoms with Gasteiger partial charge in [-0.25, -0.2) is 4.39 Å². The lowest BCUT2D eigenvalue weighted by Gasteiger charge is -1.86. The minimum atomic E-state index is -0.498. The second-order valence-electron chi connectivity index (χ2n) is 2.23. The van der Waals surface area contributed by atoms with Crippen molar-refractivity contribution in [1.82, 2.24) is 5.16 Å². The van der Waals surface area contributed by atoms with E-state index in [4.69, 9.17) is 0 Å². The highest BCUT2D eigenvalue weighted by Crippen LogP contribution is 2.19. The highest BCUT2D eigenvalue weighted by atomic mass is 79.9. The van der Waals surface area contributed by atoms with Gasteiger partial charge in [0.25, 0.3) is 5.52 Å². The van der Waals surface area contributed by atoms with E-state index in [1.807, 2.05) is 0 Å². The van der Waals surface area contributed by atoms with Gasteiger partial charge in [-0.3, -0.25) is 0 Å². The van der Waals surface area contributed by atoms with Gasteiger partial charge in [0.05, 0.1) is 4.47 Å². The lowest BCUT2D eigenvalue weighted by atomic mass is 10.3. The monoisotopic (exact) mass is 233 g/mol. The average molecular weight is 234 g/mol. The Kier molecular flexibility index (Phi) is 1.50. The molecule has 0 saturated carbocycles. The third-order valence-electron chi connectivity index (χ3n) is 1.47. The van der Waals surface area contributed by atoms with Crippen LogP contribution in [-0.2, 0) is 0 Å². The van der Waals surface area contributed by atoms with Crippen LogP contribution in [0.1, 0.15) is 0 Å². The Morgan fingerprint density at radius 2 is 2.33 bits per heavy atom. The van der Waals surface area contributed by atoms with Gasteiger partial charge in [-0.05, 0) is 20.8 Å². The molecule has 0 unspecified atom stereocenters. The zero-order valence-corrected chi connectivity index (χ0v) is 7.26. The summed E-state index contributed by atoms with van der Waals surface area (Å²) < 4.78 is 17.7. The first-order valence-corrected chi connectivity index (χ1v) is 3.87. The maximum absolute atomic E-state index is 12.9. The van der Waals surface area contributed by atoms with Crippen molar-refractivity contribution in [2.24, 2.45) is 0 Å². The van der Waals surface area contributed by atoms with Gasteiger partial charge in [-0.15, -0.1) is 0 Å². The normalized spacial score (nSPS) is 10.8. The lowest BCUT2D eigenvalue weighted by molar-refractivity contribution is -0.692. The lowest BCUT2D eigenvalue weighted by Crippen LogP contribution is -2.08.